The SMILES string of the molecule is O=C(NC(Cc1ccc2c(c1)OCCO2)CN1CCC1)[C@@H]1CCN(c2ccc(Cl)cc2)C1. The van der Waals surface area contributed by atoms with Gasteiger partial charge in [-0.05, 0) is 74.3 Å². The van der Waals surface area contributed by atoms with Gasteiger partial charge in [-0.15, -0.1) is 0 Å². The zero-order valence-electron chi connectivity index (χ0n) is 18.3. The van der Waals surface area contributed by atoms with Crippen molar-refractivity contribution in [3.63, 3.8) is 0 Å². The molecule has 0 bridgehead atoms. The van der Waals surface area contributed by atoms with Crippen LogP contribution in [0.25, 0.3) is 0 Å². The number of amides is 1. The zero-order chi connectivity index (χ0) is 21.9. The molecule has 1 N–H and O–H groups in total. The molecule has 0 radical (unpaired) electrons. The normalized spacial score (nSPS) is 21.2. The van der Waals surface area contributed by atoms with Gasteiger partial charge < -0.3 is 24.6 Å². The van der Waals surface area contributed by atoms with Crippen LogP contribution in [-0.2, 0) is 11.2 Å². The Morgan fingerprint density at radius 3 is 2.59 bits per heavy atom. The number of fused-ring (bicyclic) bond motifs is 1. The molecule has 5 rings (SSSR count). The third kappa shape index (κ3) is 4.97. The molecule has 6 nitrogen and oxygen atoms in total. The van der Waals surface area contributed by atoms with Gasteiger partial charge >= 0.3 is 0 Å². The smallest absolute Gasteiger partial charge is 0.225 e. The Morgan fingerprint density at radius 2 is 1.84 bits per heavy atom. The molecule has 3 aliphatic rings. The van der Waals surface area contributed by atoms with Crippen molar-refractivity contribution in [2.45, 2.75) is 25.3 Å². The van der Waals surface area contributed by atoms with Crippen LogP contribution in [0.4, 0.5) is 5.69 Å². The first-order valence-corrected chi connectivity index (χ1v) is 11.9. The van der Waals surface area contributed by atoms with E-state index in [-0.39, 0.29) is 17.9 Å². The first-order chi connectivity index (χ1) is 15.6. The molecule has 0 saturated carbocycles. The standard InChI is InChI=1S/C25H30ClN3O3/c26-20-3-5-22(6-4-20)29-11-8-19(16-29)25(30)27-21(17-28-9-1-10-28)14-18-2-7-23-24(15-18)32-13-12-31-23/h2-7,15,19,21H,1,8-14,16-17H2,(H,27,30)/t19-,21?/m1/s1. The molecule has 2 aromatic rings. The molecule has 2 saturated heterocycles. The Bertz CT molecular complexity index is 948. The van der Waals surface area contributed by atoms with Crippen molar-refractivity contribution < 1.29 is 14.3 Å². The highest BCUT2D eigenvalue weighted by molar-refractivity contribution is 6.30. The summed E-state index contributed by atoms with van der Waals surface area (Å²) >= 11 is 6.02. The maximum Gasteiger partial charge on any atom is 0.225 e. The minimum Gasteiger partial charge on any atom is -0.486 e. The molecule has 3 aliphatic heterocycles. The Labute approximate surface area is 194 Å². The van der Waals surface area contributed by atoms with Gasteiger partial charge in [-0.3, -0.25) is 4.79 Å². The third-order valence-corrected chi connectivity index (χ3v) is 6.87. The van der Waals surface area contributed by atoms with Gasteiger partial charge in [-0.1, -0.05) is 17.7 Å². The molecule has 0 aliphatic carbocycles. The van der Waals surface area contributed by atoms with Crippen molar-refractivity contribution in [3.8, 4) is 11.5 Å². The highest BCUT2D eigenvalue weighted by Gasteiger charge is 2.31. The summed E-state index contributed by atoms with van der Waals surface area (Å²) in [6.07, 6.45) is 2.89. The second kappa shape index (κ2) is 9.59. The summed E-state index contributed by atoms with van der Waals surface area (Å²) in [5, 5.41) is 4.10. The number of hydrogen-bond donors (Lipinski definition) is 1. The molecule has 7 heteroatoms. The van der Waals surface area contributed by atoms with Crippen molar-refractivity contribution in [2.75, 3.05) is 50.8 Å². The van der Waals surface area contributed by atoms with Gasteiger partial charge in [0.15, 0.2) is 11.5 Å². The van der Waals surface area contributed by atoms with E-state index in [0.29, 0.717) is 13.2 Å². The Morgan fingerprint density at radius 1 is 1.06 bits per heavy atom. The Balaban J connectivity index is 1.22. The summed E-state index contributed by atoms with van der Waals surface area (Å²) in [7, 11) is 0. The topological polar surface area (TPSA) is 54.0 Å². The summed E-state index contributed by atoms with van der Waals surface area (Å²) < 4.78 is 11.4. The van der Waals surface area contributed by atoms with E-state index in [1.165, 1.54) is 6.42 Å². The van der Waals surface area contributed by atoms with E-state index < -0.39 is 0 Å². The predicted octanol–water partition coefficient (Wildman–Crippen LogP) is 3.37. The Kier molecular flexibility index (Phi) is 6.42. The molecule has 2 fully saturated rings. The number of hydrogen-bond acceptors (Lipinski definition) is 5. The summed E-state index contributed by atoms with van der Waals surface area (Å²) in [5.74, 6) is 1.77. The van der Waals surface area contributed by atoms with Crippen molar-refractivity contribution in [1.82, 2.24) is 10.2 Å². The van der Waals surface area contributed by atoms with Gasteiger partial charge in [0, 0.05) is 36.4 Å². The fourth-order valence-corrected chi connectivity index (χ4v) is 4.84. The van der Waals surface area contributed by atoms with Crippen LogP contribution in [0.5, 0.6) is 11.5 Å². The molecular weight excluding hydrogens is 426 g/mol. The zero-order valence-corrected chi connectivity index (χ0v) is 19.0. The van der Waals surface area contributed by atoms with E-state index >= 15 is 0 Å². The molecular formula is C25H30ClN3O3. The van der Waals surface area contributed by atoms with Crippen molar-refractivity contribution >= 4 is 23.2 Å². The highest BCUT2D eigenvalue weighted by atomic mass is 35.5. The molecule has 2 atom stereocenters. The van der Waals surface area contributed by atoms with Crippen molar-refractivity contribution in [1.29, 1.82) is 0 Å². The summed E-state index contributed by atoms with van der Waals surface area (Å²) in [6.45, 7) is 5.91. The lowest BCUT2D eigenvalue weighted by atomic mass is 10.0. The first-order valence-electron chi connectivity index (χ1n) is 11.6. The van der Waals surface area contributed by atoms with Crippen LogP contribution < -0.4 is 19.7 Å². The fourth-order valence-electron chi connectivity index (χ4n) is 4.72. The number of carbonyl (C=O) groups excluding carboxylic acids is 1. The lowest BCUT2D eigenvalue weighted by Gasteiger charge is -2.35. The molecule has 2 aromatic carbocycles. The summed E-state index contributed by atoms with van der Waals surface area (Å²) in [5.41, 5.74) is 2.28. The number of anilines is 1. The van der Waals surface area contributed by atoms with Crippen molar-refractivity contribution in [3.05, 3.63) is 53.1 Å². The van der Waals surface area contributed by atoms with Crippen LogP contribution in [0.3, 0.4) is 0 Å². The van der Waals surface area contributed by atoms with E-state index in [1.54, 1.807) is 0 Å². The number of carbonyl (C=O) groups is 1. The first kappa shape index (κ1) is 21.4. The van der Waals surface area contributed by atoms with Gasteiger partial charge in [-0.25, -0.2) is 0 Å². The quantitative estimate of drug-likeness (QED) is 0.693. The number of benzene rings is 2. The van der Waals surface area contributed by atoms with Gasteiger partial charge in [0.1, 0.15) is 13.2 Å². The largest absolute Gasteiger partial charge is 0.486 e. The van der Waals surface area contributed by atoms with E-state index in [4.69, 9.17) is 21.1 Å². The minimum atomic E-state index is 0.00448. The van der Waals surface area contributed by atoms with E-state index in [0.717, 1.165) is 73.3 Å². The van der Waals surface area contributed by atoms with Crippen LogP contribution in [0, 0.1) is 5.92 Å². The molecule has 170 valence electrons. The van der Waals surface area contributed by atoms with Crippen LogP contribution in [0.15, 0.2) is 42.5 Å². The van der Waals surface area contributed by atoms with Crippen LogP contribution >= 0.6 is 11.6 Å². The Hall–Kier alpha value is -2.44. The van der Waals surface area contributed by atoms with Gasteiger partial charge in [0.2, 0.25) is 5.91 Å². The number of likely N-dealkylation sites (tertiary alicyclic amines) is 1. The predicted molar refractivity (Wildman–Crippen MR) is 126 cm³/mol. The van der Waals surface area contributed by atoms with Gasteiger partial charge in [0.25, 0.3) is 0 Å². The lowest BCUT2D eigenvalue weighted by Crippen LogP contribution is -2.50. The molecule has 3 heterocycles. The molecule has 1 amide bonds. The molecule has 1 unspecified atom stereocenters. The molecule has 0 aromatic heterocycles. The summed E-state index contributed by atoms with van der Waals surface area (Å²) in [4.78, 5) is 17.9. The average Bonchev–Trinajstić information content (AvgIpc) is 3.27. The van der Waals surface area contributed by atoms with E-state index in [2.05, 4.69) is 27.2 Å². The maximum absolute atomic E-state index is 13.2. The number of nitrogens with zero attached hydrogens (tertiary/aromatic N) is 2. The monoisotopic (exact) mass is 455 g/mol. The molecule has 0 spiro atoms. The number of nitrogens with one attached hydrogen (secondary N) is 1. The van der Waals surface area contributed by atoms with E-state index in [1.807, 2.05) is 30.3 Å². The highest BCUT2D eigenvalue weighted by Crippen LogP contribution is 2.31. The van der Waals surface area contributed by atoms with E-state index in [9.17, 15) is 4.79 Å². The van der Waals surface area contributed by atoms with Crippen molar-refractivity contribution in [2.24, 2.45) is 5.92 Å². The van der Waals surface area contributed by atoms with Gasteiger partial charge in [0.05, 0.1) is 5.92 Å². The third-order valence-electron chi connectivity index (χ3n) is 6.61. The minimum absolute atomic E-state index is 0.00448. The number of ether oxygens (including phenoxy) is 2. The molecule has 32 heavy (non-hydrogen) atoms. The lowest BCUT2D eigenvalue weighted by molar-refractivity contribution is -0.125. The average molecular weight is 456 g/mol. The van der Waals surface area contributed by atoms with Crippen LogP contribution in [0.1, 0.15) is 18.4 Å². The summed E-state index contributed by atoms with van der Waals surface area (Å²) in [6, 6.07) is 14.1. The maximum atomic E-state index is 13.2. The number of rotatable bonds is 7. The van der Waals surface area contributed by atoms with Gasteiger partial charge in [-0.2, -0.15) is 0 Å². The number of halogens is 1. The second-order valence-corrected chi connectivity index (χ2v) is 9.39. The van der Waals surface area contributed by atoms with Crippen LogP contribution in [0.2, 0.25) is 5.02 Å². The van der Waals surface area contributed by atoms with Crippen LogP contribution in [-0.4, -0.2) is 62.8 Å². The second-order valence-electron chi connectivity index (χ2n) is 8.95. The fraction of sp³-hybridized carbons (Fsp3) is 0.480.